The Balaban J connectivity index is 1.55. The first-order chi connectivity index (χ1) is 21.1. The maximum absolute atomic E-state index is 14.5. The van der Waals surface area contributed by atoms with E-state index in [4.69, 9.17) is 4.74 Å². The fourth-order valence-electron chi connectivity index (χ4n) is 5.60. The lowest BCUT2D eigenvalue weighted by Crippen LogP contribution is -2.44. The summed E-state index contributed by atoms with van der Waals surface area (Å²) in [6.45, 7) is 2.57. The van der Waals surface area contributed by atoms with Crippen molar-refractivity contribution in [2.45, 2.75) is 51.6 Å². The van der Waals surface area contributed by atoms with Gasteiger partial charge in [0.25, 0.3) is 0 Å². The van der Waals surface area contributed by atoms with Gasteiger partial charge in [-0.15, -0.1) is 0 Å². The lowest BCUT2D eigenvalue weighted by atomic mass is 9.95. The number of nitrogens with zero attached hydrogens (tertiary/aromatic N) is 2. The minimum atomic E-state index is -4.64. The Morgan fingerprint density at radius 3 is 2.55 bits per heavy atom. The number of rotatable bonds is 9. The molecule has 1 saturated heterocycles. The summed E-state index contributed by atoms with van der Waals surface area (Å²) in [5, 5.41) is 9.79. The van der Waals surface area contributed by atoms with Crippen molar-refractivity contribution in [1.82, 2.24) is 9.88 Å². The number of carboxylic acids is 1. The van der Waals surface area contributed by atoms with Gasteiger partial charge < -0.3 is 9.84 Å². The number of ether oxygens (including phenoxy) is 1. The maximum atomic E-state index is 14.5. The van der Waals surface area contributed by atoms with Crippen LogP contribution in [-0.4, -0.2) is 33.5 Å². The lowest BCUT2D eigenvalue weighted by molar-refractivity contribution is -0.145. The van der Waals surface area contributed by atoms with Crippen LogP contribution in [0.3, 0.4) is 0 Å². The zero-order valence-electron chi connectivity index (χ0n) is 24.2. The quantitative estimate of drug-likeness (QED) is 0.139. The Labute approximate surface area is 268 Å². The van der Waals surface area contributed by atoms with Crippen molar-refractivity contribution in [3.05, 3.63) is 116 Å². The van der Waals surface area contributed by atoms with Crippen LogP contribution in [0, 0.1) is 10.5 Å². The number of hydrogen-bond donors (Lipinski definition) is 1. The van der Waals surface area contributed by atoms with Crippen molar-refractivity contribution in [3.8, 4) is 16.9 Å². The number of benzene rings is 3. The summed E-state index contributed by atoms with van der Waals surface area (Å²) in [7, 11) is 0. The van der Waals surface area contributed by atoms with E-state index in [-0.39, 0.29) is 24.5 Å². The fourth-order valence-corrected chi connectivity index (χ4v) is 6.16. The van der Waals surface area contributed by atoms with E-state index in [1.54, 1.807) is 23.4 Å². The molecular weight excluding hydrogens is 680 g/mol. The lowest BCUT2D eigenvalue weighted by Gasteiger charge is -2.33. The third-order valence-electron chi connectivity index (χ3n) is 7.87. The Hall–Kier alpha value is -3.70. The predicted octanol–water partition coefficient (Wildman–Crippen LogP) is 8.87. The number of aromatic nitrogens is 1. The number of halogens is 4. The van der Waals surface area contributed by atoms with Gasteiger partial charge in [-0.2, -0.15) is 13.2 Å². The van der Waals surface area contributed by atoms with Gasteiger partial charge in [0, 0.05) is 33.6 Å². The molecule has 44 heavy (non-hydrogen) atoms. The zero-order chi connectivity index (χ0) is 31.3. The third-order valence-corrected chi connectivity index (χ3v) is 8.46. The molecule has 4 aromatic rings. The molecule has 0 saturated carbocycles. The second kappa shape index (κ2) is 13.9. The first kappa shape index (κ1) is 31.7. The molecule has 3 aromatic carbocycles. The summed E-state index contributed by atoms with van der Waals surface area (Å²) in [6, 6.07) is 19.3. The molecule has 0 bridgehead atoms. The maximum Gasteiger partial charge on any atom is 0.417 e. The van der Waals surface area contributed by atoms with Gasteiger partial charge in [0.15, 0.2) is 0 Å². The number of carboxylic acid groups (broad SMARTS) is 1. The number of piperidine rings is 1. The van der Waals surface area contributed by atoms with Gasteiger partial charge in [-0.05, 0) is 94.9 Å². The van der Waals surface area contributed by atoms with Crippen molar-refractivity contribution >= 4 is 40.7 Å². The molecule has 0 amide bonds. The molecule has 0 spiro atoms. The van der Waals surface area contributed by atoms with Crippen LogP contribution in [-0.2, 0) is 24.1 Å². The summed E-state index contributed by atoms with van der Waals surface area (Å²) in [5.74, 6) is -0.693. The zero-order valence-corrected chi connectivity index (χ0v) is 26.3. The summed E-state index contributed by atoms with van der Waals surface area (Å²) >= 11 is 2.14. The summed E-state index contributed by atoms with van der Waals surface area (Å²) in [4.78, 5) is 17.9. The molecule has 0 radical (unpaired) electrons. The minimum absolute atomic E-state index is 0.0299. The first-order valence-corrected chi connectivity index (χ1v) is 15.4. The molecule has 9 heteroatoms. The van der Waals surface area contributed by atoms with Gasteiger partial charge in [-0.3, -0.25) is 14.7 Å². The van der Waals surface area contributed by atoms with E-state index < -0.39 is 23.8 Å². The second-order valence-corrected chi connectivity index (χ2v) is 12.1. The molecule has 5 nitrogen and oxygen atoms in total. The van der Waals surface area contributed by atoms with Crippen LogP contribution in [0.2, 0.25) is 0 Å². The molecule has 5 rings (SSSR count). The van der Waals surface area contributed by atoms with Crippen LogP contribution in [0.4, 0.5) is 13.2 Å². The number of aliphatic carboxylic acids is 1. The van der Waals surface area contributed by atoms with E-state index in [0.29, 0.717) is 18.5 Å². The van der Waals surface area contributed by atoms with E-state index in [1.165, 1.54) is 12.1 Å². The molecule has 2 heterocycles. The monoisotopic (exact) mass is 712 g/mol. The van der Waals surface area contributed by atoms with Crippen LogP contribution in [0.5, 0.6) is 5.75 Å². The van der Waals surface area contributed by atoms with E-state index in [9.17, 15) is 23.1 Å². The highest BCUT2D eigenvalue weighted by atomic mass is 127. The van der Waals surface area contributed by atoms with Crippen molar-refractivity contribution < 1.29 is 27.8 Å². The molecule has 0 aliphatic carbocycles. The number of likely N-dealkylation sites (tertiary alicyclic amines) is 1. The van der Waals surface area contributed by atoms with Gasteiger partial charge in [0.1, 0.15) is 18.4 Å². The van der Waals surface area contributed by atoms with Gasteiger partial charge in [-0.25, -0.2) is 0 Å². The second-order valence-electron chi connectivity index (χ2n) is 10.9. The molecule has 1 aromatic heterocycles. The van der Waals surface area contributed by atoms with Crippen molar-refractivity contribution in [2.75, 3.05) is 6.54 Å². The van der Waals surface area contributed by atoms with Crippen LogP contribution in [0.1, 0.15) is 52.6 Å². The molecule has 1 aliphatic heterocycles. The molecule has 1 aliphatic rings. The minimum Gasteiger partial charge on any atom is -0.488 e. The number of pyridine rings is 1. The number of carbonyl (C=O) groups is 1. The predicted molar refractivity (Wildman–Crippen MR) is 174 cm³/mol. The van der Waals surface area contributed by atoms with Crippen LogP contribution < -0.4 is 4.74 Å². The van der Waals surface area contributed by atoms with Crippen LogP contribution in [0.15, 0.2) is 79.1 Å². The summed E-state index contributed by atoms with van der Waals surface area (Å²) in [6.07, 6.45) is 3.89. The Morgan fingerprint density at radius 2 is 1.82 bits per heavy atom. The van der Waals surface area contributed by atoms with Crippen molar-refractivity contribution in [3.63, 3.8) is 0 Å². The smallest absolute Gasteiger partial charge is 0.417 e. The molecule has 1 unspecified atom stereocenters. The average molecular weight is 713 g/mol. The largest absolute Gasteiger partial charge is 0.488 e. The normalized spacial score (nSPS) is 15.9. The Bertz CT molecular complexity index is 1660. The molecule has 1 fully saturated rings. The van der Waals surface area contributed by atoms with E-state index in [1.807, 2.05) is 61.5 Å². The highest BCUT2D eigenvalue weighted by Crippen LogP contribution is 2.38. The number of hydrogen-bond acceptors (Lipinski definition) is 4. The molecule has 1 atom stereocenters. The van der Waals surface area contributed by atoms with Gasteiger partial charge >= 0.3 is 12.1 Å². The van der Waals surface area contributed by atoms with E-state index >= 15 is 0 Å². The average Bonchev–Trinajstić information content (AvgIpc) is 3.00. The van der Waals surface area contributed by atoms with E-state index in [0.717, 1.165) is 50.3 Å². The van der Waals surface area contributed by atoms with Crippen molar-refractivity contribution in [2.24, 2.45) is 0 Å². The molecular formula is C35H32F3IN2O3. The number of alkyl halides is 3. The summed E-state index contributed by atoms with van der Waals surface area (Å²) < 4.78 is 50.7. The Kier molecular flexibility index (Phi) is 10.1. The molecule has 228 valence electrons. The van der Waals surface area contributed by atoms with Crippen molar-refractivity contribution in [1.29, 1.82) is 0 Å². The first-order valence-electron chi connectivity index (χ1n) is 14.4. The van der Waals surface area contributed by atoms with Gasteiger partial charge in [0.2, 0.25) is 0 Å². The SMILES string of the molecule is Cc1c(/C=C/c2cc(OCc3cncc(I)c3)c(CN3CCCCC3C(=O)O)cc2C(F)(F)F)cccc1-c1ccccc1. The van der Waals surface area contributed by atoms with Gasteiger partial charge in [0.05, 0.1) is 5.56 Å². The van der Waals surface area contributed by atoms with Crippen LogP contribution in [0.25, 0.3) is 23.3 Å². The molecule has 1 N–H and O–H groups in total. The highest BCUT2D eigenvalue weighted by molar-refractivity contribution is 14.1. The fraction of sp³-hybridized carbons (Fsp3) is 0.257. The highest BCUT2D eigenvalue weighted by Gasteiger charge is 2.35. The topological polar surface area (TPSA) is 62.7 Å². The Morgan fingerprint density at radius 1 is 1.05 bits per heavy atom. The third kappa shape index (κ3) is 7.68. The standard InChI is InChI=1S/C35H32F3IN2O3/c1-23-25(10-7-11-30(23)26-8-3-2-4-9-26)13-14-27-18-33(44-22-24-16-29(39)20-40-19-24)28(17-31(27)35(36,37)38)21-41-15-6-5-12-32(41)34(42)43/h2-4,7-11,13-14,16-20,32H,5-6,12,15,21-22H2,1H3,(H,42,43)/b14-13+. The van der Waals surface area contributed by atoms with Gasteiger partial charge in [-0.1, -0.05) is 67.1 Å². The van der Waals surface area contributed by atoms with Crippen LogP contribution >= 0.6 is 22.6 Å². The van der Waals surface area contributed by atoms with E-state index in [2.05, 4.69) is 27.6 Å². The summed E-state index contributed by atoms with van der Waals surface area (Å²) in [5.41, 5.74) is 4.02.